The minimum Gasteiger partial charge on any atom is -0.0901 e. The number of hydrogen-bond acceptors (Lipinski definition) is 1. The molecule has 0 aromatic heterocycles. The summed E-state index contributed by atoms with van der Waals surface area (Å²) in [4.78, 5) is 7.85. The molecular formula is C24H20S3+2. The van der Waals surface area contributed by atoms with E-state index in [4.69, 9.17) is 0 Å². The molecule has 132 valence electrons. The van der Waals surface area contributed by atoms with Gasteiger partial charge in [0.2, 0.25) is 0 Å². The molecule has 0 unspecified atom stereocenters. The summed E-state index contributed by atoms with van der Waals surface area (Å²) in [7, 11) is 0. The van der Waals surface area contributed by atoms with Gasteiger partial charge in [-0.3, -0.25) is 0 Å². The molecule has 0 radical (unpaired) electrons. The van der Waals surface area contributed by atoms with Gasteiger partial charge in [-0.2, -0.15) is 0 Å². The second kappa shape index (κ2) is 9.23. The first kappa shape index (κ1) is 18.3. The van der Waals surface area contributed by atoms with Crippen molar-refractivity contribution in [2.45, 2.75) is 29.4 Å². The fraction of sp³-hybridized carbons (Fsp3) is 0. The summed E-state index contributed by atoms with van der Waals surface area (Å²) in [5.41, 5.74) is 0. The van der Waals surface area contributed by atoms with Crippen molar-refractivity contribution >= 4 is 35.3 Å². The summed E-state index contributed by atoms with van der Waals surface area (Å²) in [6.07, 6.45) is 0. The van der Waals surface area contributed by atoms with E-state index in [1.807, 2.05) is 0 Å². The zero-order valence-corrected chi connectivity index (χ0v) is 17.3. The Morgan fingerprint density at radius 3 is 1.26 bits per heavy atom. The summed E-state index contributed by atoms with van der Waals surface area (Å²) >= 11 is 4.31. The fourth-order valence-corrected chi connectivity index (χ4v) is 5.27. The van der Waals surface area contributed by atoms with Crippen LogP contribution < -0.4 is 0 Å². The van der Waals surface area contributed by atoms with E-state index in [0.29, 0.717) is 0 Å². The zero-order chi connectivity index (χ0) is 18.3. The maximum absolute atomic E-state index is 2.24. The summed E-state index contributed by atoms with van der Waals surface area (Å²) < 4.78 is 0. The maximum Gasteiger partial charge on any atom is 0.158 e. The number of rotatable bonds is 6. The quantitative estimate of drug-likeness (QED) is 0.268. The predicted octanol–water partition coefficient (Wildman–Crippen LogP) is 6.30. The Morgan fingerprint density at radius 1 is 0.370 bits per heavy atom. The highest BCUT2D eigenvalue weighted by Crippen LogP contribution is 2.28. The lowest BCUT2D eigenvalue weighted by molar-refractivity contribution is 1.30. The van der Waals surface area contributed by atoms with Gasteiger partial charge < -0.3 is 0 Å². The first-order valence-corrected chi connectivity index (χ1v) is 11.4. The lowest BCUT2D eigenvalue weighted by Crippen LogP contribution is -1.88. The molecule has 0 bridgehead atoms. The number of benzene rings is 4. The largest absolute Gasteiger partial charge is 0.158 e. The standard InChI is InChI=1S/C24H18S3/c1-3-7-19(8-4-1)25-21-11-15-23(16-12-21)27-24-17-13-22(14-18-24)26-20-9-5-2-6-10-20/h1-18H/p+2. The van der Waals surface area contributed by atoms with Crippen LogP contribution in [0.5, 0.6) is 0 Å². The maximum atomic E-state index is 2.24. The smallest absolute Gasteiger partial charge is 0.0901 e. The monoisotopic (exact) mass is 404 g/mol. The number of hydrogen-bond donors (Lipinski definition) is 0. The second-order valence-corrected chi connectivity index (χ2v) is 9.64. The molecule has 0 fully saturated rings. The molecular weight excluding hydrogens is 384 g/mol. The van der Waals surface area contributed by atoms with Crippen molar-refractivity contribution in [3.63, 3.8) is 0 Å². The van der Waals surface area contributed by atoms with Crippen molar-refractivity contribution in [3.8, 4) is 0 Å². The Bertz CT molecular complexity index is 881. The molecule has 0 nitrogen and oxygen atoms in total. The molecule has 0 N–H and O–H groups in total. The van der Waals surface area contributed by atoms with Crippen molar-refractivity contribution < 1.29 is 0 Å². The van der Waals surface area contributed by atoms with Gasteiger partial charge in [0.05, 0.1) is 0 Å². The summed E-state index contributed by atoms with van der Waals surface area (Å²) in [5, 5.41) is 0. The average molecular weight is 405 g/mol. The summed E-state index contributed by atoms with van der Waals surface area (Å²) in [5.74, 6) is 0. The molecule has 0 atom stereocenters. The van der Waals surface area contributed by atoms with Crippen LogP contribution in [0.15, 0.2) is 139 Å². The van der Waals surface area contributed by atoms with E-state index >= 15 is 0 Å². The van der Waals surface area contributed by atoms with Crippen molar-refractivity contribution in [1.29, 1.82) is 0 Å². The Hall–Kier alpha value is -2.07. The van der Waals surface area contributed by atoms with E-state index in [9.17, 15) is 0 Å². The molecule has 0 aliphatic carbocycles. The van der Waals surface area contributed by atoms with Gasteiger partial charge in [0, 0.05) is 33.3 Å². The van der Waals surface area contributed by atoms with E-state index in [2.05, 4.69) is 109 Å². The van der Waals surface area contributed by atoms with Crippen LogP contribution in [0.25, 0.3) is 0 Å². The van der Waals surface area contributed by atoms with Crippen molar-refractivity contribution in [1.82, 2.24) is 0 Å². The molecule has 0 spiro atoms. The normalized spacial score (nSPS) is 10.7. The van der Waals surface area contributed by atoms with E-state index in [-0.39, 0.29) is 0 Å². The van der Waals surface area contributed by atoms with Crippen LogP contribution in [0.1, 0.15) is 0 Å². The van der Waals surface area contributed by atoms with Crippen molar-refractivity contribution in [3.05, 3.63) is 109 Å². The Balaban J connectivity index is 1.37. The third-order valence-corrected chi connectivity index (χ3v) is 7.18. The van der Waals surface area contributed by atoms with E-state index in [1.165, 1.54) is 52.9 Å². The van der Waals surface area contributed by atoms with E-state index < -0.39 is 0 Å². The first-order valence-electron chi connectivity index (χ1n) is 8.77. The zero-order valence-electron chi connectivity index (χ0n) is 14.7. The highest BCUT2D eigenvalue weighted by Gasteiger charge is 2.11. The van der Waals surface area contributed by atoms with Crippen molar-refractivity contribution in [2.75, 3.05) is 0 Å². The van der Waals surface area contributed by atoms with Gasteiger partial charge in [-0.25, -0.2) is 0 Å². The molecule has 4 aromatic carbocycles. The molecule has 3 heteroatoms. The van der Waals surface area contributed by atoms with Crippen LogP contribution in [0.2, 0.25) is 0 Å². The third-order valence-electron chi connectivity index (χ3n) is 3.94. The van der Waals surface area contributed by atoms with Gasteiger partial charge in [0.15, 0.2) is 19.6 Å². The Kier molecular flexibility index (Phi) is 6.25. The highest BCUT2D eigenvalue weighted by molar-refractivity contribution is 7.99. The van der Waals surface area contributed by atoms with Crippen LogP contribution in [-0.4, -0.2) is 0 Å². The van der Waals surface area contributed by atoms with Crippen LogP contribution in [0, 0.1) is 0 Å². The van der Waals surface area contributed by atoms with E-state index in [1.54, 1.807) is 11.8 Å². The average Bonchev–Trinajstić information content (AvgIpc) is 2.73. The van der Waals surface area contributed by atoms with Crippen LogP contribution >= 0.6 is 11.8 Å². The van der Waals surface area contributed by atoms with E-state index in [0.717, 1.165) is 0 Å². The predicted molar refractivity (Wildman–Crippen MR) is 120 cm³/mol. The molecule has 0 saturated carbocycles. The highest BCUT2D eigenvalue weighted by atomic mass is 32.2. The molecule has 4 rings (SSSR count). The Morgan fingerprint density at radius 2 is 0.741 bits per heavy atom. The van der Waals surface area contributed by atoms with Crippen molar-refractivity contribution in [2.24, 2.45) is 0 Å². The second-order valence-electron chi connectivity index (χ2n) is 5.98. The number of thiol groups is 2. The van der Waals surface area contributed by atoms with Crippen LogP contribution in [0.3, 0.4) is 0 Å². The Labute approximate surface area is 173 Å². The molecule has 0 heterocycles. The first-order chi connectivity index (χ1) is 13.3. The molecule has 27 heavy (non-hydrogen) atoms. The lowest BCUT2D eigenvalue weighted by Gasteiger charge is -2.01. The SMILES string of the molecule is c1ccc(Sc2ccc([SH+]c3ccc([SH+]c4ccccc4)cc3)cc2)cc1. The van der Waals surface area contributed by atoms with Gasteiger partial charge in [0.1, 0.15) is 0 Å². The fourth-order valence-electron chi connectivity index (χ4n) is 2.62. The molecule has 0 saturated heterocycles. The third kappa shape index (κ3) is 5.46. The summed E-state index contributed by atoms with van der Waals surface area (Å²) in [6.45, 7) is 0. The van der Waals surface area contributed by atoms with Crippen LogP contribution in [0.4, 0.5) is 0 Å². The van der Waals surface area contributed by atoms with Gasteiger partial charge in [0.25, 0.3) is 0 Å². The molecule has 0 aliphatic heterocycles. The van der Waals surface area contributed by atoms with Gasteiger partial charge in [-0.05, 0) is 72.8 Å². The molecule has 0 aliphatic rings. The molecule has 4 aromatic rings. The minimum absolute atomic E-state index is 1.25. The topological polar surface area (TPSA) is 0 Å². The van der Waals surface area contributed by atoms with Gasteiger partial charge in [-0.1, -0.05) is 48.2 Å². The lowest BCUT2D eigenvalue weighted by atomic mass is 10.4. The van der Waals surface area contributed by atoms with Crippen LogP contribution in [-0.2, 0) is 23.5 Å². The van der Waals surface area contributed by atoms with Gasteiger partial charge in [-0.15, -0.1) is 0 Å². The summed E-state index contributed by atoms with van der Waals surface area (Å²) in [6, 6.07) is 38.9. The minimum atomic E-state index is 1.25. The molecule has 0 amide bonds. The van der Waals surface area contributed by atoms with Gasteiger partial charge >= 0.3 is 0 Å².